The maximum Gasteiger partial charge on any atom is 0.191 e. The molecular weight excluding hydrogens is 354 g/mol. The van der Waals surface area contributed by atoms with Crippen molar-refractivity contribution in [1.82, 2.24) is 15.6 Å². The van der Waals surface area contributed by atoms with Gasteiger partial charge in [-0.2, -0.15) is 0 Å². The van der Waals surface area contributed by atoms with Gasteiger partial charge in [0, 0.05) is 38.4 Å². The molecule has 2 N–H and O–H groups in total. The highest BCUT2D eigenvalue weighted by Crippen LogP contribution is 2.18. The Hall–Kier alpha value is -2.80. The van der Waals surface area contributed by atoms with Crippen LogP contribution in [-0.2, 0) is 11.3 Å². The molecule has 0 saturated carbocycles. The highest BCUT2D eigenvalue weighted by atomic mass is 16.5. The van der Waals surface area contributed by atoms with Crippen LogP contribution in [0, 0.1) is 6.92 Å². The topological polar surface area (TPSA) is 71.0 Å². The lowest BCUT2D eigenvalue weighted by molar-refractivity contribution is 0.122. The van der Waals surface area contributed by atoms with Crippen molar-refractivity contribution >= 4 is 11.8 Å². The molecule has 150 valence electrons. The number of aromatic nitrogens is 1. The lowest BCUT2D eigenvalue weighted by Crippen LogP contribution is -2.40. The fourth-order valence-corrected chi connectivity index (χ4v) is 3.00. The van der Waals surface area contributed by atoms with E-state index in [-0.39, 0.29) is 0 Å². The van der Waals surface area contributed by atoms with Crippen molar-refractivity contribution in [2.24, 2.45) is 4.99 Å². The smallest absolute Gasteiger partial charge is 0.191 e. The van der Waals surface area contributed by atoms with Crippen LogP contribution in [0.1, 0.15) is 11.1 Å². The first-order valence-electron chi connectivity index (χ1n) is 9.67. The summed E-state index contributed by atoms with van der Waals surface area (Å²) in [5.41, 5.74) is 2.37. The molecule has 2 heterocycles. The Bertz CT molecular complexity index is 758. The largest absolute Gasteiger partial charge is 0.492 e. The SMILES string of the molecule is CN=C(NCCOc1ccc(C)cc1)NCc1cccnc1N1CCOCC1. The molecule has 0 spiro atoms. The highest BCUT2D eigenvalue weighted by molar-refractivity contribution is 5.79. The summed E-state index contributed by atoms with van der Waals surface area (Å²) in [6.45, 7) is 7.17. The van der Waals surface area contributed by atoms with Crippen LogP contribution in [0.2, 0.25) is 0 Å². The first-order valence-corrected chi connectivity index (χ1v) is 9.67. The van der Waals surface area contributed by atoms with E-state index < -0.39 is 0 Å². The number of guanidine groups is 1. The fourth-order valence-electron chi connectivity index (χ4n) is 3.00. The summed E-state index contributed by atoms with van der Waals surface area (Å²) >= 11 is 0. The molecule has 7 heteroatoms. The van der Waals surface area contributed by atoms with Crippen molar-refractivity contribution in [3.8, 4) is 5.75 Å². The average molecular weight is 383 g/mol. The Morgan fingerprint density at radius 1 is 1.18 bits per heavy atom. The van der Waals surface area contributed by atoms with Crippen LogP contribution in [0.15, 0.2) is 47.6 Å². The minimum Gasteiger partial charge on any atom is -0.492 e. The van der Waals surface area contributed by atoms with Crippen LogP contribution < -0.4 is 20.3 Å². The number of hydrogen-bond acceptors (Lipinski definition) is 5. The molecule has 1 aliphatic rings. The molecule has 2 aromatic rings. The number of rotatable bonds is 7. The molecule has 0 amide bonds. The second-order valence-corrected chi connectivity index (χ2v) is 6.60. The monoisotopic (exact) mass is 383 g/mol. The molecule has 0 bridgehead atoms. The third kappa shape index (κ3) is 5.85. The number of pyridine rings is 1. The van der Waals surface area contributed by atoms with E-state index in [1.807, 2.05) is 36.5 Å². The molecule has 1 aromatic carbocycles. The molecule has 7 nitrogen and oxygen atoms in total. The van der Waals surface area contributed by atoms with Gasteiger partial charge >= 0.3 is 0 Å². The molecule has 1 fully saturated rings. The average Bonchev–Trinajstić information content (AvgIpc) is 2.75. The van der Waals surface area contributed by atoms with Crippen molar-refractivity contribution < 1.29 is 9.47 Å². The van der Waals surface area contributed by atoms with Crippen LogP contribution in [0.25, 0.3) is 0 Å². The lowest BCUT2D eigenvalue weighted by atomic mass is 10.2. The van der Waals surface area contributed by atoms with E-state index in [2.05, 4.69) is 38.5 Å². The summed E-state index contributed by atoms with van der Waals surface area (Å²) in [5.74, 6) is 2.63. The number of morpholine rings is 1. The number of aliphatic imine (C=N–C) groups is 1. The van der Waals surface area contributed by atoms with Gasteiger partial charge in [-0.3, -0.25) is 4.99 Å². The Labute approximate surface area is 166 Å². The van der Waals surface area contributed by atoms with Crippen LogP contribution in [0.4, 0.5) is 5.82 Å². The summed E-state index contributed by atoms with van der Waals surface area (Å²) in [6.07, 6.45) is 1.84. The van der Waals surface area contributed by atoms with Gasteiger partial charge in [0.1, 0.15) is 18.2 Å². The normalized spacial score (nSPS) is 14.6. The predicted octanol–water partition coefficient (Wildman–Crippen LogP) is 1.97. The third-order valence-corrected chi connectivity index (χ3v) is 4.53. The van der Waals surface area contributed by atoms with Crippen LogP contribution in [0.5, 0.6) is 5.75 Å². The first-order chi connectivity index (χ1) is 13.8. The lowest BCUT2D eigenvalue weighted by Gasteiger charge is -2.29. The van der Waals surface area contributed by atoms with E-state index in [4.69, 9.17) is 9.47 Å². The van der Waals surface area contributed by atoms with Crippen LogP contribution in [0.3, 0.4) is 0 Å². The van der Waals surface area contributed by atoms with Gasteiger partial charge in [-0.05, 0) is 25.1 Å². The van der Waals surface area contributed by atoms with Gasteiger partial charge in [-0.1, -0.05) is 23.8 Å². The molecule has 0 radical (unpaired) electrons. The van der Waals surface area contributed by atoms with E-state index in [0.717, 1.165) is 49.4 Å². The minimum atomic E-state index is 0.565. The van der Waals surface area contributed by atoms with E-state index in [1.54, 1.807) is 7.05 Å². The summed E-state index contributed by atoms with van der Waals surface area (Å²) in [7, 11) is 1.77. The van der Waals surface area contributed by atoms with Crippen LogP contribution >= 0.6 is 0 Å². The molecular formula is C21H29N5O2. The van der Waals surface area contributed by atoms with Gasteiger partial charge < -0.3 is 25.0 Å². The van der Waals surface area contributed by atoms with Gasteiger partial charge in [0.2, 0.25) is 0 Å². The van der Waals surface area contributed by atoms with Crippen molar-refractivity contribution in [3.05, 3.63) is 53.7 Å². The zero-order valence-corrected chi connectivity index (χ0v) is 16.6. The molecule has 3 rings (SSSR count). The van der Waals surface area contributed by atoms with Gasteiger partial charge in [0.05, 0.1) is 19.8 Å². The number of nitrogens with zero attached hydrogens (tertiary/aromatic N) is 3. The summed E-state index contributed by atoms with van der Waals surface area (Å²) < 4.78 is 11.2. The molecule has 1 saturated heterocycles. The maximum absolute atomic E-state index is 5.74. The van der Waals surface area contributed by atoms with Gasteiger partial charge in [0.25, 0.3) is 0 Å². The second kappa shape index (κ2) is 10.5. The number of nitrogens with one attached hydrogen (secondary N) is 2. The van der Waals surface area contributed by atoms with Crippen LogP contribution in [-0.4, -0.2) is 57.4 Å². The maximum atomic E-state index is 5.74. The Kier molecular flexibility index (Phi) is 7.49. The van der Waals surface area contributed by atoms with E-state index >= 15 is 0 Å². The van der Waals surface area contributed by atoms with Crippen molar-refractivity contribution in [2.45, 2.75) is 13.5 Å². The fraction of sp³-hybridized carbons (Fsp3) is 0.429. The third-order valence-electron chi connectivity index (χ3n) is 4.53. The quantitative estimate of drug-likeness (QED) is 0.433. The molecule has 1 aliphatic heterocycles. The first kappa shape index (κ1) is 19.9. The summed E-state index contributed by atoms with van der Waals surface area (Å²) in [4.78, 5) is 11.1. The Balaban J connectivity index is 1.46. The molecule has 1 aromatic heterocycles. The number of anilines is 1. The summed E-state index contributed by atoms with van der Waals surface area (Å²) in [6, 6.07) is 12.1. The minimum absolute atomic E-state index is 0.565. The summed E-state index contributed by atoms with van der Waals surface area (Å²) in [5, 5.41) is 6.64. The van der Waals surface area contributed by atoms with Gasteiger partial charge in [-0.15, -0.1) is 0 Å². The van der Waals surface area contributed by atoms with E-state index in [9.17, 15) is 0 Å². The number of ether oxygens (including phenoxy) is 2. The number of aryl methyl sites for hydroxylation is 1. The predicted molar refractivity (Wildman–Crippen MR) is 112 cm³/mol. The Morgan fingerprint density at radius 3 is 2.71 bits per heavy atom. The number of benzene rings is 1. The molecule has 28 heavy (non-hydrogen) atoms. The van der Waals surface area contributed by atoms with Crippen molar-refractivity contribution in [2.75, 3.05) is 51.4 Å². The van der Waals surface area contributed by atoms with E-state index in [1.165, 1.54) is 5.56 Å². The molecule has 0 unspecified atom stereocenters. The van der Waals surface area contributed by atoms with Gasteiger partial charge in [-0.25, -0.2) is 4.98 Å². The van der Waals surface area contributed by atoms with E-state index in [0.29, 0.717) is 19.7 Å². The zero-order chi connectivity index (χ0) is 19.6. The Morgan fingerprint density at radius 2 is 1.96 bits per heavy atom. The highest BCUT2D eigenvalue weighted by Gasteiger charge is 2.15. The molecule has 0 atom stereocenters. The molecule has 0 aliphatic carbocycles. The second-order valence-electron chi connectivity index (χ2n) is 6.60. The zero-order valence-electron chi connectivity index (χ0n) is 16.6. The number of hydrogen-bond donors (Lipinski definition) is 2. The van der Waals surface area contributed by atoms with Crippen molar-refractivity contribution in [3.63, 3.8) is 0 Å². The standard InChI is InChI=1S/C21H29N5O2/c1-17-5-7-19(8-6-17)28-13-10-24-21(22-2)25-16-18-4-3-9-23-20(18)26-11-14-27-15-12-26/h3-9H,10-16H2,1-2H3,(H2,22,24,25). The van der Waals surface area contributed by atoms with Crippen molar-refractivity contribution in [1.29, 1.82) is 0 Å². The van der Waals surface area contributed by atoms with Gasteiger partial charge in [0.15, 0.2) is 5.96 Å².